The summed E-state index contributed by atoms with van der Waals surface area (Å²) in [6.07, 6.45) is 1.30. The lowest BCUT2D eigenvalue weighted by atomic mass is 9.97. The highest BCUT2D eigenvalue weighted by molar-refractivity contribution is 5.94. The molecule has 3 N–H and O–H groups in total. The summed E-state index contributed by atoms with van der Waals surface area (Å²) in [4.78, 5) is 27.2. The van der Waals surface area contributed by atoms with E-state index in [4.69, 9.17) is 14.2 Å². The predicted molar refractivity (Wildman–Crippen MR) is 111 cm³/mol. The van der Waals surface area contributed by atoms with Crippen molar-refractivity contribution in [2.45, 2.75) is 25.6 Å². The molecular formula is C21H28FN3O5. The number of hydrogen-bond donors (Lipinski definition) is 2. The van der Waals surface area contributed by atoms with Gasteiger partial charge in [-0.2, -0.15) is 0 Å². The van der Waals surface area contributed by atoms with Crippen LogP contribution < -0.4 is 20.5 Å². The van der Waals surface area contributed by atoms with Gasteiger partial charge in [0.2, 0.25) is 5.88 Å². The van der Waals surface area contributed by atoms with E-state index in [2.05, 4.69) is 16.0 Å². The van der Waals surface area contributed by atoms with Gasteiger partial charge in [-0.15, -0.1) is 0 Å². The van der Waals surface area contributed by atoms with E-state index in [1.54, 1.807) is 31.5 Å². The zero-order valence-corrected chi connectivity index (χ0v) is 17.4. The van der Waals surface area contributed by atoms with Crippen LogP contribution in [0.25, 0.3) is 10.8 Å². The molecule has 1 aromatic carbocycles. The zero-order chi connectivity index (χ0) is 22.1. The maximum atomic E-state index is 14.0. The van der Waals surface area contributed by atoms with Gasteiger partial charge in [-0.3, -0.25) is 9.59 Å². The van der Waals surface area contributed by atoms with E-state index in [1.165, 1.54) is 7.05 Å². The van der Waals surface area contributed by atoms with E-state index in [0.717, 1.165) is 11.7 Å². The second kappa shape index (κ2) is 11.4. The summed E-state index contributed by atoms with van der Waals surface area (Å²) < 4.78 is 30.4. The zero-order valence-electron chi connectivity index (χ0n) is 17.4. The molecule has 9 heteroatoms. The van der Waals surface area contributed by atoms with E-state index in [1.807, 2.05) is 6.92 Å². The summed E-state index contributed by atoms with van der Waals surface area (Å²) in [5, 5.41) is 4.06. The molecule has 1 saturated heterocycles. The maximum absolute atomic E-state index is 14.0. The molecule has 1 aliphatic rings. The molecule has 0 aliphatic carbocycles. The lowest BCUT2D eigenvalue weighted by molar-refractivity contribution is -0.123. The van der Waals surface area contributed by atoms with Crippen LogP contribution in [-0.4, -0.2) is 63.4 Å². The molecular weight excluding hydrogens is 393 g/mol. The number of alkyl halides is 1. The number of rotatable bonds is 9. The van der Waals surface area contributed by atoms with Gasteiger partial charge < -0.3 is 25.3 Å². The Morgan fingerprint density at radius 2 is 2.03 bits per heavy atom. The molecule has 3 rings (SSSR count). The van der Waals surface area contributed by atoms with Crippen molar-refractivity contribution in [3.05, 3.63) is 30.0 Å². The first-order chi connectivity index (χ1) is 14.6. The molecule has 2 heterocycles. The number of aldehydes is 1. The third kappa shape index (κ3) is 5.22. The van der Waals surface area contributed by atoms with Crippen LogP contribution in [0.3, 0.4) is 0 Å². The molecule has 8 nitrogen and oxygen atoms in total. The van der Waals surface area contributed by atoms with Crippen LogP contribution in [0.1, 0.15) is 23.7 Å². The monoisotopic (exact) mass is 421 g/mol. The van der Waals surface area contributed by atoms with Crippen molar-refractivity contribution in [2.75, 3.05) is 34.0 Å². The number of nitrogens with one attached hydrogen (secondary N) is 1. The molecule has 1 amide bonds. The first kappa shape index (κ1) is 23.5. The number of aromatic nitrogens is 1. The number of carbonyl (C=O) groups is 2. The molecule has 0 radical (unpaired) electrons. The molecule has 30 heavy (non-hydrogen) atoms. The third-order valence-corrected chi connectivity index (χ3v) is 4.87. The molecule has 1 aliphatic heterocycles. The number of fused-ring (bicyclic) bond motifs is 1. The second-order valence-electron chi connectivity index (χ2n) is 6.59. The fourth-order valence-corrected chi connectivity index (χ4v) is 3.35. The number of halogens is 1. The molecule has 164 valence electrons. The van der Waals surface area contributed by atoms with Crippen LogP contribution in [0.15, 0.2) is 24.4 Å². The first-order valence-corrected chi connectivity index (χ1v) is 9.73. The molecule has 0 saturated carbocycles. The summed E-state index contributed by atoms with van der Waals surface area (Å²) in [5.74, 6) is -0.298. The second-order valence-corrected chi connectivity index (χ2v) is 6.59. The van der Waals surface area contributed by atoms with Crippen LogP contribution >= 0.6 is 0 Å². The number of benzene rings is 1. The molecule has 1 fully saturated rings. The molecule has 3 atom stereocenters. The maximum Gasteiger partial charge on any atom is 0.255 e. The lowest BCUT2D eigenvalue weighted by Crippen LogP contribution is -2.34. The van der Waals surface area contributed by atoms with Gasteiger partial charge in [0, 0.05) is 24.6 Å². The molecule has 0 spiro atoms. The van der Waals surface area contributed by atoms with E-state index in [-0.39, 0.29) is 6.61 Å². The average Bonchev–Trinajstić information content (AvgIpc) is 3.05. The van der Waals surface area contributed by atoms with E-state index < -0.39 is 24.0 Å². The SMILES string of the molecule is CCC1C(COc2nccc3cc(C=O)c(OCCOC)cc23)NC(=O)C1F.CN. The molecule has 0 bridgehead atoms. The van der Waals surface area contributed by atoms with Crippen molar-refractivity contribution in [1.82, 2.24) is 10.3 Å². The number of hydrogen-bond acceptors (Lipinski definition) is 7. The molecule has 1 aromatic heterocycles. The Morgan fingerprint density at radius 3 is 2.70 bits per heavy atom. The van der Waals surface area contributed by atoms with Crippen LogP contribution in [0.5, 0.6) is 11.6 Å². The van der Waals surface area contributed by atoms with Gasteiger partial charge in [-0.25, -0.2) is 9.37 Å². The Hall–Kier alpha value is -2.78. The van der Waals surface area contributed by atoms with Gasteiger partial charge in [0.15, 0.2) is 12.5 Å². The summed E-state index contributed by atoms with van der Waals surface area (Å²) in [7, 11) is 3.06. The van der Waals surface area contributed by atoms with Gasteiger partial charge in [-0.05, 0) is 37.1 Å². The highest BCUT2D eigenvalue weighted by Gasteiger charge is 2.41. The van der Waals surface area contributed by atoms with Gasteiger partial charge in [-0.1, -0.05) is 6.92 Å². The van der Waals surface area contributed by atoms with Crippen molar-refractivity contribution in [1.29, 1.82) is 0 Å². The third-order valence-electron chi connectivity index (χ3n) is 4.87. The normalized spacial score (nSPS) is 20.3. The van der Waals surface area contributed by atoms with Gasteiger partial charge in [0.05, 0.1) is 18.2 Å². The highest BCUT2D eigenvalue weighted by Crippen LogP contribution is 2.31. The van der Waals surface area contributed by atoms with Crippen molar-refractivity contribution in [3.8, 4) is 11.6 Å². The van der Waals surface area contributed by atoms with Crippen LogP contribution in [-0.2, 0) is 9.53 Å². The largest absolute Gasteiger partial charge is 0.490 e. The molecule has 2 aromatic rings. The Kier molecular flexibility index (Phi) is 8.94. The summed E-state index contributed by atoms with van der Waals surface area (Å²) in [6, 6.07) is 4.73. The fraction of sp³-hybridized carbons (Fsp3) is 0.476. The quantitative estimate of drug-likeness (QED) is 0.470. The number of ether oxygens (including phenoxy) is 3. The minimum atomic E-state index is -1.52. The Morgan fingerprint density at radius 1 is 1.27 bits per heavy atom. The Bertz CT molecular complexity index is 864. The molecule has 3 unspecified atom stereocenters. The average molecular weight is 421 g/mol. The summed E-state index contributed by atoms with van der Waals surface area (Å²) in [6.45, 7) is 2.62. The Labute approximate surface area is 174 Å². The lowest BCUT2D eigenvalue weighted by Gasteiger charge is -2.19. The van der Waals surface area contributed by atoms with Gasteiger partial charge >= 0.3 is 0 Å². The van der Waals surface area contributed by atoms with Crippen molar-refractivity contribution in [2.24, 2.45) is 11.7 Å². The van der Waals surface area contributed by atoms with Crippen LogP contribution in [0, 0.1) is 5.92 Å². The first-order valence-electron chi connectivity index (χ1n) is 9.73. The Balaban J connectivity index is 0.00000155. The minimum absolute atomic E-state index is 0.103. The summed E-state index contributed by atoms with van der Waals surface area (Å²) >= 11 is 0. The van der Waals surface area contributed by atoms with Crippen molar-refractivity contribution < 1.29 is 28.2 Å². The van der Waals surface area contributed by atoms with E-state index in [0.29, 0.717) is 42.2 Å². The van der Waals surface area contributed by atoms with E-state index >= 15 is 0 Å². The highest BCUT2D eigenvalue weighted by atomic mass is 19.1. The fourth-order valence-electron chi connectivity index (χ4n) is 3.35. The number of carbonyl (C=O) groups excluding carboxylic acids is 2. The minimum Gasteiger partial charge on any atom is -0.490 e. The standard InChI is InChI=1S/C20H23FN2O5.CH5N/c1-3-14-16(23-19(25)18(14)21)11-28-20-15-9-17(27-7-6-26-2)13(10-24)8-12(15)4-5-22-20;1-2/h4-5,8-10,14,16,18H,3,6-7,11H2,1-2H3,(H,23,25);2H2,1H3. The van der Waals surface area contributed by atoms with Crippen LogP contribution in [0.2, 0.25) is 0 Å². The topological polar surface area (TPSA) is 113 Å². The number of pyridine rings is 1. The van der Waals surface area contributed by atoms with E-state index in [9.17, 15) is 14.0 Å². The van der Waals surface area contributed by atoms with Crippen molar-refractivity contribution in [3.63, 3.8) is 0 Å². The number of methoxy groups -OCH3 is 1. The van der Waals surface area contributed by atoms with Crippen molar-refractivity contribution >= 4 is 23.0 Å². The predicted octanol–water partition coefficient (Wildman–Crippen LogP) is 1.89. The number of amides is 1. The number of nitrogens with two attached hydrogens (primary N) is 1. The number of nitrogens with zero attached hydrogens (tertiary/aromatic N) is 1. The smallest absolute Gasteiger partial charge is 0.255 e. The van der Waals surface area contributed by atoms with Gasteiger partial charge in [0.25, 0.3) is 5.91 Å². The van der Waals surface area contributed by atoms with Crippen LogP contribution in [0.4, 0.5) is 4.39 Å². The summed E-state index contributed by atoms with van der Waals surface area (Å²) in [5.41, 5.74) is 4.91. The van der Waals surface area contributed by atoms with Gasteiger partial charge in [0.1, 0.15) is 19.0 Å².